The molecule has 1 aliphatic heterocycles. The number of benzene rings is 2. The molecule has 25 heavy (non-hydrogen) atoms. The van der Waals surface area contributed by atoms with Gasteiger partial charge >= 0.3 is 0 Å². The number of hydrogen-bond acceptors (Lipinski definition) is 3. The molecule has 3 rings (SSSR count). The molecule has 0 radical (unpaired) electrons. The van der Waals surface area contributed by atoms with Crippen LogP contribution in [-0.4, -0.2) is 25.0 Å². The molecule has 2 amide bonds. The third kappa shape index (κ3) is 3.36. The van der Waals surface area contributed by atoms with E-state index in [4.69, 9.17) is 4.74 Å². The summed E-state index contributed by atoms with van der Waals surface area (Å²) in [5.74, 6) is 0.481. The van der Waals surface area contributed by atoms with E-state index in [1.54, 1.807) is 4.90 Å². The number of amides is 2. The fourth-order valence-corrected chi connectivity index (χ4v) is 3.21. The Balaban J connectivity index is 1.78. The Hall–Kier alpha value is -2.82. The zero-order chi connectivity index (χ0) is 18.0. The lowest BCUT2D eigenvalue weighted by Crippen LogP contribution is -2.38. The summed E-state index contributed by atoms with van der Waals surface area (Å²) in [6.45, 7) is 6.20. The highest BCUT2D eigenvalue weighted by Gasteiger charge is 2.38. The molecule has 0 aromatic heterocycles. The van der Waals surface area contributed by atoms with E-state index in [0.717, 1.165) is 28.1 Å². The normalized spacial score (nSPS) is 15.9. The summed E-state index contributed by atoms with van der Waals surface area (Å²) in [5.41, 5.74) is 3.79. The number of carbonyl (C=O) groups is 2. The molecule has 0 fully saturated rings. The van der Waals surface area contributed by atoms with Crippen molar-refractivity contribution >= 4 is 17.5 Å². The third-order valence-corrected chi connectivity index (χ3v) is 4.38. The third-order valence-electron chi connectivity index (χ3n) is 4.38. The number of fused-ring (bicyclic) bond motifs is 1. The summed E-state index contributed by atoms with van der Waals surface area (Å²) in [6.07, 6.45) is 0. The molecule has 1 atom stereocenters. The van der Waals surface area contributed by atoms with Crippen LogP contribution in [0.4, 0.5) is 5.69 Å². The van der Waals surface area contributed by atoms with Gasteiger partial charge in [0.25, 0.3) is 5.91 Å². The molecule has 0 spiro atoms. The Bertz CT molecular complexity index is 816. The molecule has 1 N–H and O–H groups in total. The molecular formula is C20H22N2O3. The smallest absolute Gasteiger partial charge is 0.254 e. The number of anilines is 1. The van der Waals surface area contributed by atoms with Gasteiger partial charge in [0.05, 0.1) is 12.2 Å². The number of rotatable bonds is 5. The number of nitrogens with zero attached hydrogens (tertiary/aromatic N) is 1. The molecule has 1 heterocycles. The van der Waals surface area contributed by atoms with Crippen LogP contribution < -0.4 is 15.0 Å². The van der Waals surface area contributed by atoms with Gasteiger partial charge in [-0.3, -0.25) is 9.59 Å². The number of aryl methyl sites for hydroxylation is 2. The second-order valence-corrected chi connectivity index (χ2v) is 6.25. The van der Waals surface area contributed by atoms with Crippen LogP contribution in [0.3, 0.4) is 0 Å². The Morgan fingerprint density at radius 2 is 1.84 bits per heavy atom. The largest absolute Gasteiger partial charge is 0.491 e. The van der Waals surface area contributed by atoms with Crippen LogP contribution in [0.5, 0.6) is 5.75 Å². The molecule has 0 saturated carbocycles. The molecule has 2 aromatic carbocycles. The maximum absolute atomic E-state index is 12.8. The highest BCUT2D eigenvalue weighted by Crippen LogP contribution is 2.38. The number of carbonyl (C=O) groups excluding carboxylic acids is 2. The number of hydrogen-bond donors (Lipinski definition) is 1. The number of ether oxygens (including phenoxy) is 1. The Morgan fingerprint density at radius 1 is 1.12 bits per heavy atom. The van der Waals surface area contributed by atoms with Crippen LogP contribution in [0.25, 0.3) is 0 Å². The van der Waals surface area contributed by atoms with Gasteiger partial charge in [-0.25, -0.2) is 0 Å². The Morgan fingerprint density at radius 3 is 2.56 bits per heavy atom. The van der Waals surface area contributed by atoms with Crippen molar-refractivity contribution in [3.05, 3.63) is 59.2 Å². The van der Waals surface area contributed by atoms with Crippen molar-refractivity contribution < 1.29 is 14.3 Å². The van der Waals surface area contributed by atoms with Gasteiger partial charge < -0.3 is 15.0 Å². The average molecular weight is 338 g/mol. The van der Waals surface area contributed by atoms with Crippen molar-refractivity contribution in [1.29, 1.82) is 0 Å². The van der Waals surface area contributed by atoms with Gasteiger partial charge in [-0.1, -0.05) is 36.4 Å². The molecule has 0 bridgehead atoms. The van der Waals surface area contributed by atoms with Gasteiger partial charge in [-0.15, -0.1) is 0 Å². The Labute approximate surface area is 147 Å². The standard InChI is InChI=1S/C20H22N2O3/c1-13-7-4-5-10-17(13)25-12-11-22-19-14(2)8-6-9-16(19)18(20(22)24)21-15(3)23/h4-10,18H,11-12H2,1-3H3,(H,21,23)/t18-/m0/s1. The number of para-hydroxylation sites is 2. The first-order valence-corrected chi connectivity index (χ1v) is 8.35. The van der Waals surface area contributed by atoms with Gasteiger partial charge in [-0.2, -0.15) is 0 Å². The van der Waals surface area contributed by atoms with E-state index in [2.05, 4.69) is 5.32 Å². The first-order valence-electron chi connectivity index (χ1n) is 8.35. The maximum atomic E-state index is 12.8. The lowest BCUT2D eigenvalue weighted by atomic mass is 10.1. The topological polar surface area (TPSA) is 58.6 Å². The van der Waals surface area contributed by atoms with E-state index in [-0.39, 0.29) is 11.8 Å². The van der Waals surface area contributed by atoms with Gasteiger partial charge in [0.15, 0.2) is 0 Å². The van der Waals surface area contributed by atoms with Crippen molar-refractivity contribution in [1.82, 2.24) is 5.32 Å². The van der Waals surface area contributed by atoms with Crippen LogP contribution in [0.15, 0.2) is 42.5 Å². The lowest BCUT2D eigenvalue weighted by Gasteiger charge is -2.20. The van der Waals surface area contributed by atoms with E-state index in [1.807, 2.05) is 56.3 Å². The van der Waals surface area contributed by atoms with Crippen molar-refractivity contribution in [3.8, 4) is 5.75 Å². The second-order valence-electron chi connectivity index (χ2n) is 6.25. The molecule has 5 heteroatoms. The maximum Gasteiger partial charge on any atom is 0.254 e. The van der Waals surface area contributed by atoms with Gasteiger partial charge in [0.1, 0.15) is 18.4 Å². The van der Waals surface area contributed by atoms with Gasteiger partial charge in [-0.05, 0) is 31.0 Å². The molecule has 2 aromatic rings. The van der Waals surface area contributed by atoms with E-state index in [9.17, 15) is 9.59 Å². The quantitative estimate of drug-likeness (QED) is 0.912. The molecular weight excluding hydrogens is 316 g/mol. The van der Waals surface area contributed by atoms with Crippen molar-refractivity contribution in [2.45, 2.75) is 26.8 Å². The van der Waals surface area contributed by atoms with Crippen LogP contribution in [0.2, 0.25) is 0 Å². The van der Waals surface area contributed by atoms with E-state index in [1.165, 1.54) is 6.92 Å². The molecule has 0 saturated heterocycles. The summed E-state index contributed by atoms with van der Waals surface area (Å²) in [7, 11) is 0. The van der Waals surface area contributed by atoms with Crippen LogP contribution >= 0.6 is 0 Å². The SMILES string of the molecule is CC(=O)N[C@@H]1C(=O)N(CCOc2ccccc2C)c2c(C)cccc21. The van der Waals surface area contributed by atoms with E-state index in [0.29, 0.717) is 13.2 Å². The summed E-state index contributed by atoms with van der Waals surface area (Å²) in [6, 6.07) is 12.9. The molecule has 1 aliphatic rings. The predicted octanol–water partition coefficient (Wildman–Crippen LogP) is 2.91. The first kappa shape index (κ1) is 17.0. The molecule has 0 aliphatic carbocycles. The van der Waals surface area contributed by atoms with Crippen molar-refractivity contribution in [2.75, 3.05) is 18.1 Å². The zero-order valence-corrected chi connectivity index (χ0v) is 14.7. The highest BCUT2D eigenvalue weighted by atomic mass is 16.5. The predicted molar refractivity (Wildman–Crippen MR) is 96.8 cm³/mol. The van der Waals surface area contributed by atoms with Gasteiger partial charge in [0.2, 0.25) is 5.91 Å². The zero-order valence-electron chi connectivity index (χ0n) is 14.7. The fraction of sp³-hybridized carbons (Fsp3) is 0.300. The summed E-state index contributed by atoms with van der Waals surface area (Å²) < 4.78 is 5.84. The Kier molecular flexibility index (Phi) is 4.74. The fourth-order valence-electron chi connectivity index (χ4n) is 3.21. The minimum atomic E-state index is -0.620. The minimum Gasteiger partial charge on any atom is -0.491 e. The van der Waals surface area contributed by atoms with Crippen LogP contribution in [-0.2, 0) is 9.59 Å². The number of nitrogens with one attached hydrogen (secondary N) is 1. The second kappa shape index (κ2) is 6.97. The monoisotopic (exact) mass is 338 g/mol. The average Bonchev–Trinajstić information content (AvgIpc) is 2.83. The molecule has 0 unspecified atom stereocenters. The van der Waals surface area contributed by atoms with Crippen LogP contribution in [0.1, 0.15) is 29.7 Å². The van der Waals surface area contributed by atoms with Gasteiger partial charge in [0, 0.05) is 12.5 Å². The summed E-state index contributed by atoms with van der Waals surface area (Å²) in [4.78, 5) is 26.0. The lowest BCUT2D eigenvalue weighted by molar-refractivity contribution is -0.126. The summed E-state index contributed by atoms with van der Waals surface area (Å²) >= 11 is 0. The van der Waals surface area contributed by atoms with Crippen LogP contribution in [0, 0.1) is 13.8 Å². The molecule has 130 valence electrons. The van der Waals surface area contributed by atoms with Crippen molar-refractivity contribution in [2.24, 2.45) is 0 Å². The molecule has 5 nitrogen and oxygen atoms in total. The van der Waals surface area contributed by atoms with E-state index >= 15 is 0 Å². The minimum absolute atomic E-state index is 0.118. The van der Waals surface area contributed by atoms with E-state index < -0.39 is 6.04 Å². The van der Waals surface area contributed by atoms with Crippen molar-refractivity contribution in [3.63, 3.8) is 0 Å². The first-order chi connectivity index (χ1) is 12.0. The highest BCUT2D eigenvalue weighted by molar-refractivity contribution is 6.06. The summed E-state index contributed by atoms with van der Waals surface area (Å²) in [5, 5.41) is 2.75.